The molecule has 1 saturated carbocycles. The van der Waals surface area contributed by atoms with E-state index in [4.69, 9.17) is 4.74 Å². The van der Waals surface area contributed by atoms with E-state index in [0.717, 1.165) is 12.3 Å². The normalized spacial score (nSPS) is 36.5. The second kappa shape index (κ2) is 4.30. The third kappa shape index (κ3) is 1.92. The summed E-state index contributed by atoms with van der Waals surface area (Å²) in [5.41, 5.74) is 0. The van der Waals surface area contributed by atoms with Gasteiger partial charge in [0.15, 0.2) is 0 Å². The first-order valence-electron chi connectivity index (χ1n) is 5.74. The van der Waals surface area contributed by atoms with E-state index in [2.05, 4.69) is 5.32 Å². The lowest BCUT2D eigenvalue weighted by Gasteiger charge is -2.24. The summed E-state index contributed by atoms with van der Waals surface area (Å²) < 4.78 is 5.03. The van der Waals surface area contributed by atoms with Crippen LogP contribution in [0.25, 0.3) is 0 Å². The second-order valence-corrected chi connectivity index (χ2v) is 4.36. The lowest BCUT2D eigenvalue weighted by Crippen LogP contribution is -2.38. The Morgan fingerprint density at radius 3 is 2.93 bits per heavy atom. The highest BCUT2D eigenvalue weighted by Gasteiger charge is 2.38. The van der Waals surface area contributed by atoms with Crippen LogP contribution in [0.5, 0.6) is 0 Å². The van der Waals surface area contributed by atoms with Gasteiger partial charge in [0.05, 0.1) is 6.61 Å². The molecule has 2 aliphatic rings. The Labute approximate surface area is 85.2 Å². The molecule has 3 nitrogen and oxygen atoms in total. The van der Waals surface area contributed by atoms with Gasteiger partial charge in [-0.1, -0.05) is 12.8 Å². The summed E-state index contributed by atoms with van der Waals surface area (Å²) in [5.74, 6) is 0.667. The molecule has 1 aliphatic carbocycles. The van der Waals surface area contributed by atoms with Gasteiger partial charge in [-0.05, 0) is 32.1 Å². The standard InChI is InChI=1S/C11H19NO2/c1-2-14-11(13)10-7-8-5-3-4-6-9(8)12-10/h8-10,12H,2-7H2,1H3/t8-,9+,10-/m1/s1. The number of nitrogens with one attached hydrogen (secondary N) is 1. The summed E-state index contributed by atoms with van der Waals surface area (Å²) in [6, 6.07) is 0.557. The molecule has 2 fully saturated rings. The van der Waals surface area contributed by atoms with E-state index < -0.39 is 0 Å². The molecule has 0 unspecified atom stereocenters. The molecule has 0 aromatic rings. The van der Waals surface area contributed by atoms with E-state index in [1.807, 2.05) is 6.92 Å². The maximum atomic E-state index is 11.5. The molecular weight excluding hydrogens is 178 g/mol. The van der Waals surface area contributed by atoms with Gasteiger partial charge in [0.25, 0.3) is 0 Å². The lowest BCUT2D eigenvalue weighted by atomic mass is 9.85. The first-order valence-corrected chi connectivity index (χ1v) is 5.74. The SMILES string of the molecule is CCOC(=O)[C@H]1C[C@H]2CCCC[C@@H]2N1. The van der Waals surface area contributed by atoms with Crippen LogP contribution < -0.4 is 5.32 Å². The molecule has 0 aromatic carbocycles. The molecular formula is C11H19NO2. The van der Waals surface area contributed by atoms with Gasteiger partial charge in [-0.2, -0.15) is 0 Å². The van der Waals surface area contributed by atoms with Gasteiger partial charge in [0.1, 0.15) is 6.04 Å². The molecule has 1 saturated heterocycles. The Kier molecular flexibility index (Phi) is 3.06. The Morgan fingerprint density at radius 1 is 1.43 bits per heavy atom. The predicted molar refractivity (Wildman–Crippen MR) is 53.9 cm³/mol. The monoisotopic (exact) mass is 197 g/mol. The van der Waals surface area contributed by atoms with Gasteiger partial charge in [0.2, 0.25) is 0 Å². The zero-order chi connectivity index (χ0) is 9.97. The van der Waals surface area contributed by atoms with Gasteiger partial charge in [-0.15, -0.1) is 0 Å². The zero-order valence-electron chi connectivity index (χ0n) is 8.79. The van der Waals surface area contributed by atoms with Crippen LogP contribution in [0.3, 0.4) is 0 Å². The maximum absolute atomic E-state index is 11.5. The van der Waals surface area contributed by atoms with Crippen molar-refractivity contribution in [3.63, 3.8) is 0 Å². The summed E-state index contributed by atoms with van der Waals surface area (Å²) >= 11 is 0. The van der Waals surface area contributed by atoms with E-state index in [1.54, 1.807) is 0 Å². The van der Waals surface area contributed by atoms with Crippen molar-refractivity contribution >= 4 is 5.97 Å². The summed E-state index contributed by atoms with van der Waals surface area (Å²) in [6.07, 6.45) is 6.15. The van der Waals surface area contributed by atoms with Crippen molar-refractivity contribution in [2.75, 3.05) is 6.61 Å². The molecule has 1 heterocycles. The molecule has 0 amide bonds. The summed E-state index contributed by atoms with van der Waals surface area (Å²) in [4.78, 5) is 11.5. The van der Waals surface area contributed by atoms with E-state index in [0.29, 0.717) is 12.6 Å². The molecule has 3 heteroatoms. The molecule has 1 aliphatic heterocycles. The van der Waals surface area contributed by atoms with Crippen molar-refractivity contribution in [3.8, 4) is 0 Å². The van der Waals surface area contributed by atoms with E-state index in [9.17, 15) is 4.79 Å². The minimum Gasteiger partial charge on any atom is -0.465 e. The number of ether oxygens (including phenoxy) is 1. The van der Waals surface area contributed by atoms with Gasteiger partial charge < -0.3 is 10.1 Å². The van der Waals surface area contributed by atoms with E-state index in [-0.39, 0.29) is 12.0 Å². The summed E-state index contributed by atoms with van der Waals surface area (Å²) in [7, 11) is 0. The van der Waals surface area contributed by atoms with Gasteiger partial charge in [-0.25, -0.2) is 0 Å². The van der Waals surface area contributed by atoms with Crippen LogP contribution in [0, 0.1) is 5.92 Å². The molecule has 0 bridgehead atoms. The van der Waals surface area contributed by atoms with Crippen LogP contribution in [0.15, 0.2) is 0 Å². The smallest absolute Gasteiger partial charge is 0.323 e. The van der Waals surface area contributed by atoms with Crippen molar-refractivity contribution in [1.29, 1.82) is 0 Å². The van der Waals surface area contributed by atoms with Crippen LogP contribution in [-0.4, -0.2) is 24.7 Å². The fourth-order valence-electron chi connectivity index (χ4n) is 2.75. The molecule has 0 aromatic heterocycles. The van der Waals surface area contributed by atoms with E-state index in [1.165, 1.54) is 25.7 Å². The van der Waals surface area contributed by atoms with Gasteiger partial charge >= 0.3 is 5.97 Å². The Hall–Kier alpha value is -0.570. The fraction of sp³-hybridized carbons (Fsp3) is 0.909. The predicted octanol–water partition coefficient (Wildman–Crippen LogP) is 1.47. The molecule has 0 radical (unpaired) electrons. The fourth-order valence-corrected chi connectivity index (χ4v) is 2.75. The zero-order valence-corrected chi connectivity index (χ0v) is 8.79. The number of rotatable bonds is 2. The Morgan fingerprint density at radius 2 is 2.21 bits per heavy atom. The third-order valence-corrected chi connectivity index (χ3v) is 3.43. The van der Waals surface area contributed by atoms with Crippen LogP contribution in [0.1, 0.15) is 39.0 Å². The summed E-state index contributed by atoms with van der Waals surface area (Å²) in [5, 5.41) is 3.40. The highest BCUT2D eigenvalue weighted by Crippen LogP contribution is 2.33. The highest BCUT2D eigenvalue weighted by molar-refractivity contribution is 5.76. The van der Waals surface area contributed by atoms with E-state index >= 15 is 0 Å². The molecule has 14 heavy (non-hydrogen) atoms. The van der Waals surface area contributed by atoms with Crippen LogP contribution in [0.4, 0.5) is 0 Å². The summed E-state index contributed by atoms with van der Waals surface area (Å²) in [6.45, 7) is 2.35. The van der Waals surface area contributed by atoms with Crippen LogP contribution >= 0.6 is 0 Å². The van der Waals surface area contributed by atoms with Crippen molar-refractivity contribution in [1.82, 2.24) is 5.32 Å². The molecule has 3 atom stereocenters. The minimum absolute atomic E-state index is 0.0250. The average Bonchev–Trinajstić information content (AvgIpc) is 2.61. The number of hydrogen-bond donors (Lipinski definition) is 1. The first kappa shape index (κ1) is 9.97. The number of carbonyl (C=O) groups is 1. The Bertz CT molecular complexity index is 203. The minimum atomic E-state index is -0.0538. The van der Waals surface area contributed by atoms with Crippen molar-refractivity contribution in [3.05, 3.63) is 0 Å². The maximum Gasteiger partial charge on any atom is 0.323 e. The van der Waals surface area contributed by atoms with Gasteiger partial charge in [-0.3, -0.25) is 4.79 Å². The van der Waals surface area contributed by atoms with Crippen molar-refractivity contribution in [2.45, 2.75) is 51.1 Å². The Balaban J connectivity index is 1.89. The molecule has 2 rings (SSSR count). The van der Waals surface area contributed by atoms with Crippen LogP contribution in [0.2, 0.25) is 0 Å². The number of hydrogen-bond acceptors (Lipinski definition) is 3. The second-order valence-electron chi connectivity index (χ2n) is 4.36. The lowest BCUT2D eigenvalue weighted by molar-refractivity contribution is -0.145. The van der Waals surface area contributed by atoms with Crippen molar-refractivity contribution < 1.29 is 9.53 Å². The molecule has 1 N–H and O–H groups in total. The number of esters is 1. The quantitative estimate of drug-likeness (QED) is 0.681. The number of fused-ring (bicyclic) bond motifs is 1. The van der Waals surface area contributed by atoms with Gasteiger partial charge in [0, 0.05) is 6.04 Å². The number of carbonyl (C=O) groups excluding carboxylic acids is 1. The molecule has 80 valence electrons. The average molecular weight is 197 g/mol. The topological polar surface area (TPSA) is 38.3 Å². The van der Waals surface area contributed by atoms with Crippen LogP contribution in [-0.2, 0) is 9.53 Å². The molecule has 0 spiro atoms. The highest BCUT2D eigenvalue weighted by atomic mass is 16.5. The van der Waals surface area contributed by atoms with Crippen molar-refractivity contribution in [2.24, 2.45) is 5.92 Å². The first-order chi connectivity index (χ1) is 6.81. The third-order valence-electron chi connectivity index (χ3n) is 3.43. The largest absolute Gasteiger partial charge is 0.465 e.